The molecule has 104 valence electrons. The van der Waals surface area contributed by atoms with E-state index in [9.17, 15) is 4.79 Å². The van der Waals surface area contributed by atoms with Gasteiger partial charge in [-0.1, -0.05) is 29.3 Å². The van der Waals surface area contributed by atoms with Gasteiger partial charge in [-0.3, -0.25) is 4.79 Å². The minimum absolute atomic E-state index is 0.0951. The highest BCUT2D eigenvalue weighted by Crippen LogP contribution is 2.25. The van der Waals surface area contributed by atoms with Gasteiger partial charge in [-0.05, 0) is 37.3 Å². The monoisotopic (exact) mass is 306 g/mol. The van der Waals surface area contributed by atoms with Crippen LogP contribution in [0.5, 0.6) is 0 Å². The van der Waals surface area contributed by atoms with Crippen molar-refractivity contribution in [2.24, 2.45) is 0 Å². The lowest BCUT2D eigenvalue weighted by molar-refractivity contribution is -0.113. The van der Waals surface area contributed by atoms with Gasteiger partial charge in [-0.25, -0.2) is 0 Å². The zero-order chi connectivity index (χ0) is 14.5. The summed E-state index contributed by atoms with van der Waals surface area (Å²) in [5, 5.41) is 3.22. The highest BCUT2D eigenvalue weighted by molar-refractivity contribution is 8.00. The SMILES string of the molecule is Cc1ccc(SCC(=O)Nc2ccc(N)cc2Cl)cc1. The van der Waals surface area contributed by atoms with Crippen LogP contribution in [0.4, 0.5) is 11.4 Å². The van der Waals surface area contributed by atoms with Crippen LogP contribution >= 0.6 is 23.4 Å². The second kappa shape index (κ2) is 6.68. The third kappa shape index (κ3) is 4.18. The van der Waals surface area contributed by atoms with Gasteiger partial charge in [-0.2, -0.15) is 0 Å². The van der Waals surface area contributed by atoms with Crippen LogP contribution in [0.25, 0.3) is 0 Å². The van der Waals surface area contributed by atoms with Gasteiger partial charge < -0.3 is 11.1 Å². The Morgan fingerprint density at radius 1 is 1.25 bits per heavy atom. The summed E-state index contributed by atoms with van der Waals surface area (Å²) >= 11 is 7.49. The van der Waals surface area contributed by atoms with E-state index in [1.54, 1.807) is 18.2 Å². The number of nitrogen functional groups attached to an aromatic ring is 1. The molecule has 0 atom stereocenters. The normalized spacial score (nSPS) is 10.3. The number of amides is 1. The molecule has 0 aliphatic carbocycles. The van der Waals surface area contributed by atoms with E-state index in [1.807, 2.05) is 31.2 Å². The summed E-state index contributed by atoms with van der Waals surface area (Å²) in [6.45, 7) is 2.03. The summed E-state index contributed by atoms with van der Waals surface area (Å²) in [6.07, 6.45) is 0. The van der Waals surface area contributed by atoms with Gasteiger partial charge in [0, 0.05) is 10.6 Å². The zero-order valence-corrected chi connectivity index (χ0v) is 12.6. The van der Waals surface area contributed by atoms with E-state index in [-0.39, 0.29) is 5.91 Å². The van der Waals surface area contributed by atoms with Gasteiger partial charge in [0.25, 0.3) is 0 Å². The molecule has 0 radical (unpaired) electrons. The quantitative estimate of drug-likeness (QED) is 0.664. The van der Waals surface area contributed by atoms with E-state index in [2.05, 4.69) is 5.32 Å². The number of anilines is 2. The molecule has 0 aromatic heterocycles. The van der Waals surface area contributed by atoms with Crippen molar-refractivity contribution in [1.29, 1.82) is 0 Å². The third-order valence-corrected chi connectivity index (χ3v) is 3.98. The molecular weight excluding hydrogens is 292 g/mol. The number of halogens is 1. The van der Waals surface area contributed by atoms with E-state index < -0.39 is 0 Å². The Kier molecular flexibility index (Phi) is 4.93. The van der Waals surface area contributed by atoms with Crippen LogP contribution in [0, 0.1) is 6.92 Å². The molecule has 0 bridgehead atoms. The summed E-state index contributed by atoms with van der Waals surface area (Å²) in [6, 6.07) is 13.1. The fourth-order valence-electron chi connectivity index (χ4n) is 1.60. The van der Waals surface area contributed by atoms with Gasteiger partial charge in [0.1, 0.15) is 0 Å². The summed E-state index contributed by atoms with van der Waals surface area (Å²) < 4.78 is 0. The first kappa shape index (κ1) is 14.8. The number of aryl methyl sites for hydroxylation is 1. The molecule has 0 unspecified atom stereocenters. The Bertz CT molecular complexity index is 614. The lowest BCUT2D eigenvalue weighted by Gasteiger charge is -2.08. The van der Waals surface area contributed by atoms with Crippen LogP contribution in [0.3, 0.4) is 0 Å². The van der Waals surface area contributed by atoms with E-state index in [0.29, 0.717) is 22.2 Å². The number of rotatable bonds is 4. The molecule has 0 heterocycles. The standard InChI is InChI=1S/C15H15ClN2OS/c1-10-2-5-12(6-3-10)20-9-15(19)18-14-7-4-11(17)8-13(14)16/h2-8H,9,17H2,1H3,(H,18,19). The highest BCUT2D eigenvalue weighted by atomic mass is 35.5. The second-order valence-electron chi connectivity index (χ2n) is 4.39. The van der Waals surface area contributed by atoms with Crippen molar-refractivity contribution in [3.05, 3.63) is 53.1 Å². The first-order chi connectivity index (χ1) is 9.54. The van der Waals surface area contributed by atoms with Gasteiger partial charge in [0.05, 0.1) is 16.5 Å². The molecular formula is C15H15ClN2OS. The number of carbonyl (C=O) groups excluding carboxylic acids is 1. The second-order valence-corrected chi connectivity index (χ2v) is 5.85. The largest absolute Gasteiger partial charge is 0.399 e. The van der Waals surface area contributed by atoms with E-state index in [1.165, 1.54) is 17.3 Å². The topological polar surface area (TPSA) is 55.1 Å². The number of hydrogen-bond acceptors (Lipinski definition) is 3. The minimum atomic E-state index is -0.0951. The molecule has 20 heavy (non-hydrogen) atoms. The summed E-state index contributed by atoms with van der Waals surface area (Å²) in [4.78, 5) is 12.9. The zero-order valence-electron chi connectivity index (χ0n) is 11.0. The van der Waals surface area contributed by atoms with Crippen molar-refractivity contribution in [3.63, 3.8) is 0 Å². The number of thioether (sulfide) groups is 1. The molecule has 0 fully saturated rings. The molecule has 0 aliphatic heterocycles. The first-order valence-electron chi connectivity index (χ1n) is 6.09. The molecule has 1 amide bonds. The number of hydrogen-bond donors (Lipinski definition) is 2. The average Bonchev–Trinajstić information content (AvgIpc) is 2.41. The molecule has 3 N–H and O–H groups in total. The van der Waals surface area contributed by atoms with Crippen LogP contribution in [-0.4, -0.2) is 11.7 Å². The fraction of sp³-hybridized carbons (Fsp3) is 0.133. The lowest BCUT2D eigenvalue weighted by atomic mass is 10.2. The molecule has 2 rings (SSSR count). The predicted molar refractivity (Wildman–Crippen MR) is 86.4 cm³/mol. The van der Waals surface area contributed by atoms with Gasteiger partial charge in [-0.15, -0.1) is 11.8 Å². The number of nitrogens with two attached hydrogens (primary N) is 1. The molecule has 2 aromatic rings. The Morgan fingerprint density at radius 2 is 1.95 bits per heavy atom. The maximum absolute atomic E-state index is 11.9. The van der Waals surface area contributed by atoms with Crippen molar-refractivity contribution in [3.8, 4) is 0 Å². The number of carbonyl (C=O) groups is 1. The third-order valence-electron chi connectivity index (χ3n) is 2.66. The Balaban J connectivity index is 1.90. The fourth-order valence-corrected chi connectivity index (χ4v) is 2.54. The summed E-state index contributed by atoms with van der Waals surface area (Å²) in [5.74, 6) is 0.242. The lowest BCUT2D eigenvalue weighted by Crippen LogP contribution is -2.14. The Morgan fingerprint density at radius 3 is 2.60 bits per heavy atom. The van der Waals surface area contributed by atoms with Crippen LogP contribution in [0.1, 0.15) is 5.56 Å². The van der Waals surface area contributed by atoms with Crippen LogP contribution < -0.4 is 11.1 Å². The number of benzene rings is 2. The predicted octanol–water partition coefficient (Wildman–Crippen LogP) is 3.96. The van der Waals surface area contributed by atoms with E-state index >= 15 is 0 Å². The molecule has 0 saturated heterocycles. The van der Waals surface area contributed by atoms with Gasteiger partial charge in [0.15, 0.2) is 0 Å². The van der Waals surface area contributed by atoms with Crippen LogP contribution in [-0.2, 0) is 4.79 Å². The van der Waals surface area contributed by atoms with Crippen molar-refractivity contribution in [1.82, 2.24) is 0 Å². The van der Waals surface area contributed by atoms with E-state index in [4.69, 9.17) is 17.3 Å². The minimum Gasteiger partial charge on any atom is -0.399 e. The molecule has 0 saturated carbocycles. The van der Waals surface area contributed by atoms with E-state index in [0.717, 1.165) is 4.90 Å². The van der Waals surface area contributed by atoms with Gasteiger partial charge >= 0.3 is 0 Å². The summed E-state index contributed by atoms with van der Waals surface area (Å²) in [5.41, 5.74) is 7.96. The van der Waals surface area contributed by atoms with Crippen molar-refractivity contribution in [2.45, 2.75) is 11.8 Å². The Labute approximate surface area is 127 Å². The molecule has 0 aliphatic rings. The van der Waals surface area contributed by atoms with Crippen LogP contribution in [0.2, 0.25) is 5.02 Å². The first-order valence-corrected chi connectivity index (χ1v) is 7.45. The molecule has 5 heteroatoms. The van der Waals surface area contributed by atoms with Crippen LogP contribution in [0.15, 0.2) is 47.4 Å². The summed E-state index contributed by atoms with van der Waals surface area (Å²) in [7, 11) is 0. The molecule has 2 aromatic carbocycles. The maximum Gasteiger partial charge on any atom is 0.234 e. The maximum atomic E-state index is 11.9. The highest BCUT2D eigenvalue weighted by Gasteiger charge is 2.07. The molecule has 3 nitrogen and oxygen atoms in total. The smallest absolute Gasteiger partial charge is 0.234 e. The van der Waals surface area contributed by atoms with Crippen molar-refractivity contribution >= 4 is 40.6 Å². The molecule has 0 spiro atoms. The van der Waals surface area contributed by atoms with Crippen molar-refractivity contribution < 1.29 is 4.79 Å². The average molecular weight is 307 g/mol. The number of nitrogens with one attached hydrogen (secondary N) is 1. The van der Waals surface area contributed by atoms with Gasteiger partial charge in [0.2, 0.25) is 5.91 Å². The Hall–Kier alpha value is -1.65. The van der Waals surface area contributed by atoms with Crippen molar-refractivity contribution in [2.75, 3.05) is 16.8 Å².